The van der Waals surface area contributed by atoms with Crippen molar-refractivity contribution in [2.45, 2.75) is 81.8 Å². The SMILES string of the molecule is O=C(CSc1nc2sc3c(c2c(=O)n1C1CCCC1)CCCC3)N1CCCCC1. The zero-order valence-electron chi connectivity index (χ0n) is 17.0. The molecule has 0 unspecified atom stereocenters. The van der Waals surface area contributed by atoms with Gasteiger partial charge in [-0.3, -0.25) is 14.2 Å². The van der Waals surface area contributed by atoms with E-state index in [1.165, 1.54) is 54.3 Å². The molecule has 3 heterocycles. The fraction of sp³-hybridized carbons (Fsp3) is 0.682. The number of aryl methyl sites for hydroxylation is 2. The predicted octanol–water partition coefficient (Wildman–Crippen LogP) is 4.56. The summed E-state index contributed by atoms with van der Waals surface area (Å²) in [6.45, 7) is 1.75. The number of thiophene rings is 1. The second kappa shape index (κ2) is 8.42. The first-order chi connectivity index (χ1) is 14.2. The summed E-state index contributed by atoms with van der Waals surface area (Å²) in [7, 11) is 0. The lowest BCUT2D eigenvalue weighted by atomic mass is 9.97. The molecular weight excluding hydrogens is 402 g/mol. The van der Waals surface area contributed by atoms with E-state index in [1.807, 2.05) is 9.47 Å². The third-order valence-electron chi connectivity index (χ3n) is 6.71. The Balaban J connectivity index is 1.50. The van der Waals surface area contributed by atoms with Gasteiger partial charge in [0.1, 0.15) is 4.83 Å². The van der Waals surface area contributed by atoms with E-state index in [0.29, 0.717) is 5.75 Å². The Morgan fingerprint density at radius 1 is 1.03 bits per heavy atom. The van der Waals surface area contributed by atoms with Crippen LogP contribution in [0.15, 0.2) is 9.95 Å². The Kier molecular flexibility index (Phi) is 5.69. The van der Waals surface area contributed by atoms with Gasteiger partial charge in [-0.15, -0.1) is 11.3 Å². The molecule has 2 fully saturated rings. The summed E-state index contributed by atoms with van der Waals surface area (Å²) >= 11 is 3.19. The van der Waals surface area contributed by atoms with E-state index in [9.17, 15) is 9.59 Å². The Morgan fingerprint density at radius 2 is 1.79 bits per heavy atom. The van der Waals surface area contributed by atoms with Gasteiger partial charge >= 0.3 is 0 Å². The Bertz CT molecular complexity index is 969. The van der Waals surface area contributed by atoms with Crippen molar-refractivity contribution in [2.24, 2.45) is 0 Å². The summed E-state index contributed by atoms with van der Waals surface area (Å²) in [6.07, 6.45) is 12.3. The van der Waals surface area contributed by atoms with Gasteiger partial charge in [-0.25, -0.2) is 4.98 Å². The largest absolute Gasteiger partial charge is 0.342 e. The summed E-state index contributed by atoms with van der Waals surface area (Å²) in [5, 5.41) is 1.64. The summed E-state index contributed by atoms with van der Waals surface area (Å²) in [5.74, 6) is 0.572. The number of hydrogen-bond acceptors (Lipinski definition) is 5. The van der Waals surface area contributed by atoms with Crippen molar-refractivity contribution in [2.75, 3.05) is 18.8 Å². The molecule has 1 saturated carbocycles. The summed E-state index contributed by atoms with van der Waals surface area (Å²) < 4.78 is 1.96. The number of piperidine rings is 1. The summed E-state index contributed by atoms with van der Waals surface area (Å²) in [4.78, 5) is 35.6. The number of hydrogen-bond donors (Lipinski definition) is 0. The molecule has 0 radical (unpaired) electrons. The fourth-order valence-electron chi connectivity index (χ4n) is 5.15. The van der Waals surface area contributed by atoms with Gasteiger partial charge in [-0.1, -0.05) is 24.6 Å². The second-order valence-electron chi connectivity index (χ2n) is 8.63. The van der Waals surface area contributed by atoms with E-state index < -0.39 is 0 Å². The standard InChI is InChI=1S/C22H29N3O2S2/c26-18(24-12-6-1-7-13-24)14-28-22-23-20-19(16-10-4-5-11-17(16)29-20)21(27)25(22)15-8-2-3-9-15/h15H,1-14H2. The molecule has 2 aromatic rings. The smallest absolute Gasteiger partial charge is 0.263 e. The molecule has 1 aliphatic heterocycles. The topological polar surface area (TPSA) is 55.2 Å². The number of nitrogens with zero attached hydrogens (tertiary/aromatic N) is 3. The van der Waals surface area contributed by atoms with E-state index in [0.717, 1.165) is 67.0 Å². The van der Waals surface area contributed by atoms with Crippen molar-refractivity contribution in [1.29, 1.82) is 0 Å². The lowest BCUT2D eigenvalue weighted by Gasteiger charge is -2.26. The van der Waals surface area contributed by atoms with E-state index in [4.69, 9.17) is 4.98 Å². The number of thioether (sulfide) groups is 1. The molecule has 5 rings (SSSR count). The summed E-state index contributed by atoms with van der Waals surface area (Å²) in [5.41, 5.74) is 1.41. The average Bonchev–Trinajstić information content (AvgIpc) is 3.40. The van der Waals surface area contributed by atoms with Crippen LogP contribution in [0.1, 0.15) is 74.3 Å². The van der Waals surface area contributed by atoms with Gasteiger partial charge in [0.05, 0.1) is 11.1 Å². The Hall–Kier alpha value is -1.34. The van der Waals surface area contributed by atoms with Crippen molar-refractivity contribution in [3.8, 4) is 0 Å². The number of aromatic nitrogens is 2. The van der Waals surface area contributed by atoms with E-state index in [-0.39, 0.29) is 17.5 Å². The lowest BCUT2D eigenvalue weighted by molar-refractivity contribution is -0.129. The zero-order valence-corrected chi connectivity index (χ0v) is 18.6. The van der Waals surface area contributed by atoms with Crippen LogP contribution in [0.2, 0.25) is 0 Å². The number of amides is 1. The predicted molar refractivity (Wildman–Crippen MR) is 119 cm³/mol. The highest BCUT2D eigenvalue weighted by atomic mass is 32.2. The number of likely N-dealkylation sites (tertiary alicyclic amines) is 1. The average molecular weight is 432 g/mol. The molecule has 0 aromatic carbocycles. The second-order valence-corrected chi connectivity index (χ2v) is 10.7. The van der Waals surface area contributed by atoms with Crippen LogP contribution in [0.5, 0.6) is 0 Å². The number of carbonyl (C=O) groups is 1. The molecule has 0 spiro atoms. The van der Waals surface area contributed by atoms with Gasteiger partial charge in [0.2, 0.25) is 5.91 Å². The maximum atomic E-state index is 13.6. The van der Waals surface area contributed by atoms with Gasteiger partial charge in [0.25, 0.3) is 5.56 Å². The van der Waals surface area contributed by atoms with Crippen LogP contribution < -0.4 is 5.56 Å². The highest BCUT2D eigenvalue weighted by Crippen LogP contribution is 2.37. The van der Waals surface area contributed by atoms with Gasteiger partial charge in [-0.05, 0) is 63.4 Å². The molecule has 3 aliphatic rings. The highest BCUT2D eigenvalue weighted by molar-refractivity contribution is 7.99. The van der Waals surface area contributed by atoms with Crippen molar-refractivity contribution in [3.63, 3.8) is 0 Å². The van der Waals surface area contributed by atoms with Crippen molar-refractivity contribution in [3.05, 3.63) is 20.8 Å². The van der Waals surface area contributed by atoms with Gasteiger partial charge in [-0.2, -0.15) is 0 Å². The van der Waals surface area contributed by atoms with Crippen molar-refractivity contribution in [1.82, 2.24) is 14.5 Å². The zero-order chi connectivity index (χ0) is 19.8. The van der Waals surface area contributed by atoms with Crippen molar-refractivity contribution >= 4 is 39.2 Å². The lowest BCUT2D eigenvalue weighted by Crippen LogP contribution is -2.37. The Morgan fingerprint density at radius 3 is 2.59 bits per heavy atom. The molecule has 1 amide bonds. The first-order valence-corrected chi connectivity index (χ1v) is 13.0. The molecule has 0 atom stereocenters. The fourth-order valence-corrected chi connectivity index (χ4v) is 7.42. The number of carbonyl (C=O) groups excluding carboxylic acids is 1. The van der Waals surface area contributed by atoms with Crippen LogP contribution in [0, 0.1) is 0 Å². The van der Waals surface area contributed by atoms with Crippen LogP contribution in [-0.2, 0) is 17.6 Å². The quantitative estimate of drug-likeness (QED) is 0.526. The minimum Gasteiger partial charge on any atom is -0.342 e. The number of rotatable bonds is 4. The maximum Gasteiger partial charge on any atom is 0.263 e. The molecule has 0 bridgehead atoms. The minimum absolute atomic E-state index is 0.147. The number of fused-ring (bicyclic) bond motifs is 3. The third-order valence-corrected chi connectivity index (χ3v) is 8.84. The van der Waals surface area contributed by atoms with E-state index >= 15 is 0 Å². The molecular formula is C22H29N3O2S2. The highest BCUT2D eigenvalue weighted by Gasteiger charge is 2.27. The minimum atomic E-state index is 0.147. The Labute approximate surface area is 179 Å². The van der Waals surface area contributed by atoms with Crippen LogP contribution in [0.4, 0.5) is 0 Å². The van der Waals surface area contributed by atoms with Crippen LogP contribution in [0.3, 0.4) is 0 Å². The first-order valence-electron chi connectivity index (χ1n) is 11.2. The van der Waals surface area contributed by atoms with Gasteiger partial charge < -0.3 is 4.90 Å². The molecule has 2 aromatic heterocycles. The third kappa shape index (κ3) is 3.76. The molecule has 156 valence electrons. The van der Waals surface area contributed by atoms with Gasteiger partial charge in [0, 0.05) is 24.0 Å². The molecule has 1 saturated heterocycles. The molecule has 0 N–H and O–H groups in total. The molecule has 2 aliphatic carbocycles. The van der Waals surface area contributed by atoms with Crippen molar-refractivity contribution < 1.29 is 4.79 Å². The maximum absolute atomic E-state index is 13.6. The molecule has 29 heavy (non-hydrogen) atoms. The first kappa shape index (κ1) is 19.6. The van der Waals surface area contributed by atoms with E-state index in [2.05, 4.69) is 0 Å². The normalized spacial score (nSPS) is 20.3. The molecule has 5 nitrogen and oxygen atoms in total. The molecule has 7 heteroatoms. The summed E-state index contributed by atoms with van der Waals surface area (Å²) in [6, 6.07) is 0.242. The van der Waals surface area contributed by atoms with Gasteiger partial charge in [0.15, 0.2) is 5.16 Å². The monoisotopic (exact) mass is 431 g/mol. The van der Waals surface area contributed by atoms with Crippen LogP contribution in [0.25, 0.3) is 10.2 Å². The van der Waals surface area contributed by atoms with Crippen LogP contribution in [-0.4, -0.2) is 39.2 Å². The van der Waals surface area contributed by atoms with Crippen LogP contribution >= 0.6 is 23.1 Å². The van der Waals surface area contributed by atoms with E-state index in [1.54, 1.807) is 11.3 Å².